The SMILES string of the molecule is NC(C1CCC1)C1CSCCO1. The third-order valence-corrected chi connectivity index (χ3v) is 3.98. The van der Waals surface area contributed by atoms with Gasteiger partial charge >= 0.3 is 0 Å². The van der Waals surface area contributed by atoms with Gasteiger partial charge in [-0.2, -0.15) is 11.8 Å². The minimum Gasteiger partial charge on any atom is -0.375 e. The molecule has 2 aliphatic rings. The average Bonchev–Trinajstić information content (AvgIpc) is 2.03. The maximum atomic E-state index is 6.12. The van der Waals surface area contributed by atoms with Crippen LogP contribution >= 0.6 is 11.8 Å². The molecule has 2 nitrogen and oxygen atoms in total. The highest BCUT2D eigenvalue weighted by Crippen LogP contribution is 2.32. The zero-order valence-electron chi connectivity index (χ0n) is 7.37. The van der Waals surface area contributed by atoms with Gasteiger partial charge in [-0.3, -0.25) is 0 Å². The Morgan fingerprint density at radius 3 is 2.75 bits per heavy atom. The highest BCUT2D eigenvalue weighted by Gasteiger charge is 2.31. The second-order valence-electron chi connectivity index (χ2n) is 3.75. The van der Waals surface area contributed by atoms with Crippen molar-refractivity contribution < 1.29 is 4.74 Å². The van der Waals surface area contributed by atoms with Crippen molar-refractivity contribution in [1.29, 1.82) is 0 Å². The van der Waals surface area contributed by atoms with Gasteiger partial charge in [0.05, 0.1) is 12.7 Å². The van der Waals surface area contributed by atoms with E-state index in [1.54, 1.807) is 0 Å². The van der Waals surface area contributed by atoms with E-state index in [4.69, 9.17) is 10.5 Å². The molecule has 1 saturated heterocycles. The van der Waals surface area contributed by atoms with E-state index in [1.807, 2.05) is 11.8 Å². The lowest BCUT2D eigenvalue weighted by molar-refractivity contribution is 0.0288. The van der Waals surface area contributed by atoms with Crippen LogP contribution in [0.4, 0.5) is 0 Å². The molecule has 0 aromatic carbocycles. The minimum atomic E-state index is 0.312. The van der Waals surface area contributed by atoms with E-state index >= 15 is 0 Å². The molecule has 3 heteroatoms. The zero-order chi connectivity index (χ0) is 8.39. The van der Waals surface area contributed by atoms with Crippen molar-refractivity contribution in [3.63, 3.8) is 0 Å². The maximum absolute atomic E-state index is 6.12. The average molecular weight is 187 g/mol. The molecule has 1 saturated carbocycles. The zero-order valence-corrected chi connectivity index (χ0v) is 8.19. The van der Waals surface area contributed by atoms with Crippen LogP contribution in [0, 0.1) is 5.92 Å². The van der Waals surface area contributed by atoms with Crippen LogP contribution in [0.15, 0.2) is 0 Å². The van der Waals surface area contributed by atoms with Crippen LogP contribution in [0.3, 0.4) is 0 Å². The number of thioether (sulfide) groups is 1. The first kappa shape index (κ1) is 8.85. The third kappa shape index (κ3) is 1.78. The lowest BCUT2D eigenvalue weighted by atomic mass is 9.78. The number of rotatable bonds is 2. The summed E-state index contributed by atoms with van der Waals surface area (Å²) < 4.78 is 5.65. The molecule has 0 aromatic heterocycles. The summed E-state index contributed by atoms with van der Waals surface area (Å²) in [6, 6.07) is 0.312. The van der Waals surface area contributed by atoms with E-state index < -0.39 is 0 Å². The minimum absolute atomic E-state index is 0.312. The van der Waals surface area contributed by atoms with Gasteiger partial charge in [0.2, 0.25) is 0 Å². The van der Waals surface area contributed by atoms with E-state index in [0.717, 1.165) is 24.0 Å². The Hall–Kier alpha value is 0.270. The van der Waals surface area contributed by atoms with Gasteiger partial charge in [0.1, 0.15) is 0 Å². The molecule has 0 radical (unpaired) electrons. The molecule has 1 aliphatic heterocycles. The van der Waals surface area contributed by atoms with Crippen molar-refractivity contribution in [1.82, 2.24) is 0 Å². The fraction of sp³-hybridized carbons (Fsp3) is 1.00. The summed E-state index contributed by atoms with van der Waals surface area (Å²) in [5, 5.41) is 0. The molecule has 2 N–H and O–H groups in total. The standard InChI is InChI=1S/C9H17NOS/c10-9(7-2-1-3-7)8-6-12-5-4-11-8/h7-9H,1-6,10H2. The molecule has 70 valence electrons. The molecule has 2 atom stereocenters. The predicted molar refractivity (Wildman–Crippen MR) is 52.4 cm³/mol. The van der Waals surface area contributed by atoms with Gasteiger partial charge in [0.25, 0.3) is 0 Å². The van der Waals surface area contributed by atoms with Gasteiger partial charge in [-0.25, -0.2) is 0 Å². The van der Waals surface area contributed by atoms with E-state index in [9.17, 15) is 0 Å². The largest absolute Gasteiger partial charge is 0.375 e. The summed E-state index contributed by atoms with van der Waals surface area (Å²) in [5.74, 6) is 3.01. The quantitative estimate of drug-likeness (QED) is 0.706. The van der Waals surface area contributed by atoms with Crippen molar-refractivity contribution >= 4 is 11.8 Å². The number of hydrogen-bond acceptors (Lipinski definition) is 3. The molecule has 0 spiro atoms. The Balaban J connectivity index is 1.80. The lowest BCUT2D eigenvalue weighted by Gasteiger charge is -2.37. The first-order valence-corrected chi connectivity index (χ1v) is 5.98. The second kappa shape index (κ2) is 3.99. The fourth-order valence-electron chi connectivity index (χ4n) is 1.86. The molecule has 0 amide bonds. The molecule has 1 aliphatic carbocycles. The maximum Gasteiger partial charge on any atom is 0.0819 e. The monoisotopic (exact) mass is 187 g/mol. The van der Waals surface area contributed by atoms with Gasteiger partial charge in [-0.1, -0.05) is 6.42 Å². The van der Waals surface area contributed by atoms with Gasteiger partial charge in [-0.15, -0.1) is 0 Å². The van der Waals surface area contributed by atoms with Crippen molar-refractivity contribution in [3.8, 4) is 0 Å². The highest BCUT2D eigenvalue weighted by molar-refractivity contribution is 7.99. The number of ether oxygens (including phenoxy) is 1. The van der Waals surface area contributed by atoms with E-state index in [1.165, 1.54) is 19.3 Å². The van der Waals surface area contributed by atoms with Crippen LogP contribution in [0.5, 0.6) is 0 Å². The Kier molecular flexibility index (Phi) is 2.94. The summed E-state index contributed by atoms with van der Waals surface area (Å²) in [6.45, 7) is 0.899. The summed E-state index contributed by atoms with van der Waals surface area (Å²) in [5.41, 5.74) is 6.12. The van der Waals surface area contributed by atoms with Crippen molar-refractivity contribution in [2.45, 2.75) is 31.4 Å². The molecule has 0 aromatic rings. The Morgan fingerprint density at radius 2 is 2.25 bits per heavy atom. The molecule has 12 heavy (non-hydrogen) atoms. The van der Waals surface area contributed by atoms with Crippen LogP contribution < -0.4 is 5.73 Å². The highest BCUT2D eigenvalue weighted by atomic mass is 32.2. The molecule has 2 rings (SSSR count). The summed E-state index contributed by atoms with van der Waals surface area (Å²) in [7, 11) is 0. The smallest absolute Gasteiger partial charge is 0.0819 e. The van der Waals surface area contributed by atoms with Crippen LogP contribution in [-0.2, 0) is 4.74 Å². The lowest BCUT2D eigenvalue weighted by Crippen LogP contribution is -2.48. The van der Waals surface area contributed by atoms with E-state index in [0.29, 0.717) is 12.1 Å². The second-order valence-corrected chi connectivity index (χ2v) is 4.90. The van der Waals surface area contributed by atoms with Crippen LogP contribution in [0.2, 0.25) is 0 Å². The van der Waals surface area contributed by atoms with E-state index in [2.05, 4.69) is 0 Å². The first-order chi connectivity index (χ1) is 5.88. The fourth-order valence-corrected chi connectivity index (χ4v) is 2.79. The molecular formula is C9H17NOS. The molecule has 2 unspecified atom stereocenters. The van der Waals surface area contributed by atoms with Gasteiger partial charge in [0, 0.05) is 17.5 Å². The Morgan fingerprint density at radius 1 is 1.42 bits per heavy atom. The topological polar surface area (TPSA) is 35.2 Å². The van der Waals surface area contributed by atoms with Crippen LogP contribution in [0.1, 0.15) is 19.3 Å². The van der Waals surface area contributed by atoms with Crippen LogP contribution in [-0.4, -0.2) is 30.3 Å². The molecule has 0 bridgehead atoms. The van der Waals surface area contributed by atoms with Crippen molar-refractivity contribution in [3.05, 3.63) is 0 Å². The summed E-state index contributed by atoms with van der Waals surface area (Å²) in [4.78, 5) is 0. The van der Waals surface area contributed by atoms with Crippen LogP contribution in [0.25, 0.3) is 0 Å². The number of hydrogen-bond donors (Lipinski definition) is 1. The van der Waals surface area contributed by atoms with Gasteiger partial charge in [0.15, 0.2) is 0 Å². The normalized spacial score (nSPS) is 34.2. The van der Waals surface area contributed by atoms with Gasteiger partial charge in [-0.05, 0) is 18.8 Å². The van der Waals surface area contributed by atoms with E-state index in [-0.39, 0.29) is 0 Å². The summed E-state index contributed by atoms with van der Waals surface area (Å²) >= 11 is 1.98. The predicted octanol–water partition coefficient (Wildman–Crippen LogP) is 1.25. The molecule has 1 heterocycles. The first-order valence-electron chi connectivity index (χ1n) is 4.83. The van der Waals surface area contributed by atoms with Gasteiger partial charge < -0.3 is 10.5 Å². The molecular weight excluding hydrogens is 170 g/mol. The Labute approximate surface area is 78.2 Å². The Bertz CT molecular complexity index is 143. The third-order valence-electron chi connectivity index (χ3n) is 2.97. The number of nitrogens with two attached hydrogens (primary N) is 1. The van der Waals surface area contributed by atoms with Crippen molar-refractivity contribution in [2.24, 2.45) is 11.7 Å². The van der Waals surface area contributed by atoms with Crippen molar-refractivity contribution in [2.75, 3.05) is 18.1 Å². The molecule has 2 fully saturated rings. The summed E-state index contributed by atoms with van der Waals surface area (Å²) in [6.07, 6.45) is 4.37.